The average Bonchev–Trinajstić information content (AvgIpc) is 2.67. The van der Waals surface area contributed by atoms with Crippen molar-refractivity contribution in [3.63, 3.8) is 0 Å². The maximum Gasteiger partial charge on any atom is 0.0406 e. The van der Waals surface area contributed by atoms with Gasteiger partial charge in [-0.1, -0.05) is 23.7 Å². The van der Waals surface area contributed by atoms with Crippen molar-refractivity contribution in [3.8, 4) is 0 Å². The van der Waals surface area contributed by atoms with Gasteiger partial charge in [-0.05, 0) is 49.4 Å². The molecule has 1 aromatic rings. The molecule has 0 aromatic heterocycles. The van der Waals surface area contributed by atoms with Gasteiger partial charge in [0.15, 0.2) is 0 Å². The second-order valence-corrected chi connectivity index (χ2v) is 5.59. The van der Waals surface area contributed by atoms with Crippen molar-refractivity contribution in [1.82, 2.24) is 5.32 Å². The molecule has 1 aliphatic carbocycles. The summed E-state index contributed by atoms with van der Waals surface area (Å²) in [5.74, 6) is 0.759. The zero-order valence-corrected chi connectivity index (χ0v) is 10.8. The fraction of sp³-hybridized carbons (Fsp3) is 0.538. The molecule has 1 aromatic carbocycles. The van der Waals surface area contributed by atoms with Crippen LogP contribution in [0, 0.1) is 5.92 Å². The Morgan fingerprint density at radius 1 is 1.19 bits per heavy atom. The molecule has 0 aliphatic heterocycles. The van der Waals surface area contributed by atoms with E-state index >= 15 is 0 Å². The molecular formula is C13H17Cl2N. The predicted octanol–water partition coefficient (Wildman–Crippen LogP) is 3.84. The first-order valence-corrected chi connectivity index (χ1v) is 6.64. The molecule has 1 N–H and O–H groups in total. The van der Waals surface area contributed by atoms with E-state index in [1.807, 2.05) is 12.1 Å². The highest BCUT2D eigenvalue weighted by Gasteiger charge is 2.21. The fourth-order valence-electron chi connectivity index (χ4n) is 2.22. The summed E-state index contributed by atoms with van der Waals surface area (Å²) in [6.45, 7) is 1.99. The van der Waals surface area contributed by atoms with Crippen LogP contribution in [-0.4, -0.2) is 11.9 Å². The normalized spacial score (nSPS) is 24.9. The number of nitrogens with one attached hydrogen (secondary N) is 1. The van der Waals surface area contributed by atoms with Gasteiger partial charge in [-0.15, -0.1) is 11.6 Å². The van der Waals surface area contributed by atoms with Crippen molar-refractivity contribution in [2.75, 3.05) is 6.54 Å². The zero-order chi connectivity index (χ0) is 11.4. The molecular weight excluding hydrogens is 241 g/mol. The summed E-state index contributed by atoms with van der Waals surface area (Å²) in [7, 11) is 0. The molecule has 1 saturated carbocycles. The molecule has 0 saturated heterocycles. The van der Waals surface area contributed by atoms with E-state index in [-0.39, 0.29) is 0 Å². The molecule has 16 heavy (non-hydrogen) atoms. The van der Waals surface area contributed by atoms with Gasteiger partial charge in [0.05, 0.1) is 0 Å². The quantitative estimate of drug-likeness (QED) is 0.809. The van der Waals surface area contributed by atoms with Gasteiger partial charge in [-0.25, -0.2) is 0 Å². The number of alkyl halides is 1. The second-order valence-electron chi connectivity index (χ2n) is 4.53. The number of hydrogen-bond acceptors (Lipinski definition) is 1. The second kappa shape index (κ2) is 5.90. The van der Waals surface area contributed by atoms with Crippen molar-refractivity contribution >= 4 is 23.2 Å². The Hall–Kier alpha value is -0.240. The first-order chi connectivity index (χ1) is 7.74. The van der Waals surface area contributed by atoms with Crippen LogP contribution < -0.4 is 5.32 Å². The average molecular weight is 258 g/mol. The van der Waals surface area contributed by atoms with Crippen LogP contribution in [0.25, 0.3) is 0 Å². The van der Waals surface area contributed by atoms with Crippen LogP contribution in [0.1, 0.15) is 24.8 Å². The van der Waals surface area contributed by atoms with Crippen LogP contribution in [0.15, 0.2) is 24.3 Å². The molecule has 88 valence electrons. The van der Waals surface area contributed by atoms with Gasteiger partial charge in [0.2, 0.25) is 0 Å². The first-order valence-electron chi connectivity index (χ1n) is 5.83. The van der Waals surface area contributed by atoms with E-state index in [4.69, 9.17) is 23.2 Å². The van der Waals surface area contributed by atoms with Crippen molar-refractivity contribution < 1.29 is 0 Å². The summed E-state index contributed by atoms with van der Waals surface area (Å²) in [6.07, 6.45) is 3.60. The van der Waals surface area contributed by atoms with Crippen LogP contribution in [0.2, 0.25) is 5.02 Å². The lowest BCUT2D eigenvalue weighted by Gasteiger charge is -2.10. The van der Waals surface area contributed by atoms with Crippen molar-refractivity contribution in [2.24, 2.45) is 5.92 Å². The Labute approximate surface area is 107 Å². The summed E-state index contributed by atoms with van der Waals surface area (Å²) in [6, 6.07) is 7.99. The lowest BCUT2D eigenvalue weighted by molar-refractivity contribution is 0.490. The molecule has 1 nitrogen and oxygen atoms in total. The Balaban J connectivity index is 1.70. The molecule has 1 aliphatic rings. The maximum atomic E-state index is 6.08. The number of halogens is 2. The van der Waals surface area contributed by atoms with E-state index in [0.29, 0.717) is 5.38 Å². The van der Waals surface area contributed by atoms with E-state index in [1.165, 1.54) is 18.4 Å². The van der Waals surface area contributed by atoms with Crippen molar-refractivity contribution in [3.05, 3.63) is 34.9 Å². The Bertz CT molecular complexity index is 323. The highest BCUT2D eigenvalue weighted by molar-refractivity contribution is 6.30. The maximum absolute atomic E-state index is 6.08. The largest absolute Gasteiger partial charge is 0.312 e. The monoisotopic (exact) mass is 257 g/mol. The third kappa shape index (κ3) is 3.65. The SMILES string of the molecule is Clc1ccc(CNCC2CCC(Cl)C2)cc1. The fourth-order valence-corrected chi connectivity index (χ4v) is 2.73. The lowest BCUT2D eigenvalue weighted by atomic mass is 10.1. The summed E-state index contributed by atoms with van der Waals surface area (Å²) in [5, 5.41) is 4.68. The third-order valence-corrected chi connectivity index (χ3v) is 3.80. The van der Waals surface area contributed by atoms with E-state index in [2.05, 4.69) is 17.4 Å². The van der Waals surface area contributed by atoms with Crippen LogP contribution in [0.4, 0.5) is 0 Å². The lowest BCUT2D eigenvalue weighted by Crippen LogP contribution is -2.21. The molecule has 3 heteroatoms. The van der Waals surface area contributed by atoms with Crippen LogP contribution >= 0.6 is 23.2 Å². The summed E-state index contributed by atoms with van der Waals surface area (Å²) in [4.78, 5) is 0. The molecule has 1 fully saturated rings. The topological polar surface area (TPSA) is 12.0 Å². The minimum atomic E-state index is 0.405. The molecule has 2 rings (SSSR count). The van der Waals surface area contributed by atoms with E-state index < -0.39 is 0 Å². The Morgan fingerprint density at radius 3 is 2.56 bits per heavy atom. The summed E-state index contributed by atoms with van der Waals surface area (Å²) >= 11 is 11.9. The van der Waals surface area contributed by atoms with Crippen molar-refractivity contribution in [2.45, 2.75) is 31.2 Å². The van der Waals surface area contributed by atoms with Gasteiger partial charge in [-0.3, -0.25) is 0 Å². The molecule has 0 bridgehead atoms. The van der Waals surface area contributed by atoms with Crippen LogP contribution in [0.3, 0.4) is 0 Å². The smallest absolute Gasteiger partial charge is 0.0406 e. The van der Waals surface area contributed by atoms with E-state index in [1.54, 1.807) is 0 Å². The van der Waals surface area contributed by atoms with Gasteiger partial charge in [0.25, 0.3) is 0 Å². The van der Waals surface area contributed by atoms with Crippen molar-refractivity contribution in [1.29, 1.82) is 0 Å². The van der Waals surface area contributed by atoms with Gasteiger partial charge in [-0.2, -0.15) is 0 Å². The minimum absolute atomic E-state index is 0.405. The number of hydrogen-bond donors (Lipinski definition) is 1. The number of rotatable bonds is 4. The summed E-state index contributed by atoms with van der Waals surface area (Å²) in [5.41, 5.74) is 1.28. The Kier molecular flexibility index (Phi) is 4.51. The molecule has 2 atom stereocenters. The summed E-state index contributed by atoms with van der Waals surface area (Å²) < 4.78 is 0. The molecule has 0 spiro atoms. The number of benzene rings is 1. The van der Waals surface area contributed by atoms with Crippen LogP contribution in [0.5, 0.6) is 0 Å². The highest BCUT2D eigenvalue weighted by atomic mass is 35.5. The van der Waals surface area contributed by atoms with Gasteiger partial charge < -0.3 is 5.32 Å². The Morgan fingerprint density at radius 2 is 1.94 bits per heavy atom. The molecule has 0 heterocycles. The minimum Gasteiger partial charge on any atom is -0.312 e. The van der Waals surface area contributed by atoms with Gasteiger partial charge in [0, 0.05) is 16.9 Å². The van der Waals surface area contributed by atoms with E-state index in [9.17, 15) is 0 Å². The van der Waals surface area contributed by atoms with Gasteiger partial charge in [0.1, 0.15) is 0 Å². The molecule has 0 radical (unpaired) electrons. The molecule has 2 unspecified atom stereocenters. The zero-order valence-electron chi connectivity index (χ0n) is 9.26. The van der Waals surface area contributed by atoms with Gasteiger partial charge >= 0.3 is 0 Å². The first kappa shape index (κ1) is 12.2. The standard InChI is InChI=1S/C13H17Cl2N/c14-12-4-1-10(2-5-12)8-16-9-11-3-6-13(15)7-11/h1-2,4-5,11,13,16H,3,6-9H2. The van der Waals surface area contributed by atoms with Crippen LogP contribution in [-0.2, 0) is 6.54 Å². The highest BCUT2D eigenvalue weighted by Crippen LogP contribution is 2.28. The predicted molar refractivity (Wildman–Crippen MR) is 70.1 cm³/mol. The van der Waals surface area contributed by atoms with E-state index in [0.717, 1.165) is 30.5 Å². The molecule has 0 amide bonds. The third-order valence-electron chi connectivity index (χ3n) is 3.15.